The molecule has 2 fully saturated rings. The molecule has 0 bridgehead atoms. The molecule has 2 N–H and O–H groups in total. The lowest BCUT2D eigenvalue weighted by Gasteiger charge is -2.43. The number of carbonyl (C=O) groups excluding carboxylic acids is 1. The zero-order valence-electron chi connectivity index (χ0n) is 20.3. The van der Waals surface area contributed by atoms with E-state index in [9.17, 15) is 4.79 Å². The first-order valence-corrected chi connectivity index (χ1v) is 11.9. The third-order valence-corrected chi connectivity index (χ3v) is 6.75. The van der Waals surface area contributed by atoms with Gasteiger partial charge in [-0.05, 0) is 97.5 Å². The number of carbonyl (C=O) groups is 1. The molecule has 0 aromatic heterocycles. The highest BCUT2D eigenvalue weighted by Crippen LogP contribution is 2.26. The second-order valence-electron chi connectivity index (χ2n) is 10.6. The summed E-state index contributed by atoms with van der Waals surface area (Å²) in [5, 5.41) is 6.64. The van der Waals surface area contributed by atoms with Crippen LogP contribution in [0.15, 0.2) is 24.3 Å². The van der Waals surface area contributed by atoms with E-state index in [-0.39, 0.29) is 12.1 Å². The fraction of sp³-hybridized carbons (Fsp3) is 0.720. The van der Waals surface area contributed by atoms with Crippen molar-refractivity contribution in [3.05, 3.63) is 24.3 Å². The van der Waals surface area contributed by atoms with Crippen LogP contribution in [0, 0.1) is 5.92 Å². The Bertz CT molecular complexity index is 695. The van der Waals surface area contributed by atoms with Gasteiger partial charge in [-0.1, -0.05) is 0 Å². The van der Waals surface area contributed by atoms with E-state index < -0.39 is 5.60 Å². The largest absolute Gasteiger partial charge is 0.444 e. The lowest BCUT2D eigenvalue weighted by molar-refractivity contribution is 0.0488. The Morgan fingerprint density at radius 3 is 2.16 bits per heavy atom. The number of benzene rings is 1. The Balaban J connectivity index is 1.40. The molecule has 1 amide bonds. The molecule has 6 heteroatoms. The summed E-state index contributed by atoms with van der Waals surface area (Å²) in [5.41, 5.74) is 2.06. The van der Waals surface area contributed by atoms with Gasteiger partial charge in [-0.25, -0.2) is 4.79 Å². The molecule has 1 aromatic rings. The van der Waals surface area contributed by atoms with Crippen molar-refractivity contribution in [3.8, 4) is 0 Å². The Morgan fingerprint density at radius 1 is 1.03 bits per heavy atom. The van der Waals surface area contributed by atoms with E-state index >= 15 is 0 Å². The number of alkyl carbamates (subject to hydrolysis) is 1. The fourth-order valence-corrected chi connectivity index (χ4v) is 4.65. The van der Waals surface area contributed by atoms with E-state index in [2.05, 4.69) is 65.6 Å². The minimum atomic E-state index is -0.443. The summed E-state index contributed by atoms with van der Waals surface area (Å²) in [5.74, 6) is 0.649. The molecule has 1 aliphatic carbocycles. The van der Waals surface area contributed by atoms with Crippen molar-refractivity contribution >= 4 is 17.5 Å². The molecular weight excluding hydrogens is 388 g/mol. The molecule has 0 radical (unpaired) electrons. The number of nitrogens with zero attached hydrogens (tertiary/aromatic N) is 2. The van der Waals surface area contributed by atoms with E-state index in [0.29, 0.717) is 18.0 Å². The first kappa shape index (κ1) is 23.7. The predicted octanol–water partition coefficient (Wildman–Crippen LogP) is 4.71. The number of ether oxygens (including phenoxy) is 1. The van der Waals surface area contributed by atoms with Crippen molar-refractivity contribution in [1.82, 2.24) is 10.2 Å². The summed E-state index contributed by atoms with van der Waals surface area (Å²) < 4.78 is 5.37. The standard InChI is InChI=1S/C25H42N4O2/c1-18-16-29(17-19(2)28(18)6)23-13-11-21(12-14-23)26-15-20-7-9-22(10-8-20)27-24(30)31-25(3,4)5/h11-14,18-20,22,26H,7-10,15-17H2,1-6H3,(H,27,30). The molecule has 174 valence electrons. The highest BCUT2D eigenvalue weighted by Gasteiger charge is 2.27. The van der Waals surface area contributed by atoms with Gasteiger partial charge in [0.05, 0.1) is 0 Å². The van der Waals surface area contributed by atoms with E-state index in [1.54, 1.807) is 0 Å². The highest BCUT2D eigenvalue weighted by atomic mass is 16.6. The lowest BCUT2D eigenvalue weighted by atomic mass is 9.86. The highest BCUT2D eigenvalue weighted by molar-refractivity contribution is 5.68. The van der Waals surface area contributed by atoms with Crippen LogP contribution in [-0.2, 0) is 4.74 Å². The van der Waals surface area contributed by atoms with Gasteiger partial charge in [0.15, 0.2) is 0 Å². The molecule has 1 aliphatic heterocycles. The summed E-state index contributed by atoms with van der Waals surface area (Å²) in [6.07, 6.45) is 4.00. The number of likely N-dealkylation sites (N-methyl/N-ethyl adjacent to an activating group) is 1. The average Bonchev–Trinajstić information content (AvgIpc) is 2.70. The zero-order chi connectivity index (χ0) is 22.6. The van der Waals surface area contributed by atoms with Crippen LogP contribution in [0.5, 0.6) is 0 Å². The maximum Gasteiger partial charge on any atom is 0.407 e. The Hall–Kier alpha value is -1.95. The molecule has 1 aromatic carbocycles. The first-order chi connectivity index (χ1) is 14.6. The van der Waals surface area contributed by atoms with Crippen LogP contribution in [0.1, 0.15) is 60.3 Å². The number of hydrogen-bond donors (Lipinski definition) is 2. The van der Waals surface area contributed by atoms with Gasteiger partial charge in [0, 0.05) is 49.1 Å². The Labute approximate surface area is 188 Å². The molecule has 3 rings (SSSR count). The number of anilines is 2. The molecule has 31 heavy (non-hydrogen) atoms. The minimum Gasteiger partial charge on any atom is -0.444 e. The fourth-order valence-electron chi connectivity index (χ4n) is 4.65. The third-order valence-electron chi connectivity index (χ3n) is 6.75. The number of rotatable bonds is 5. The molecule has 2 aliphatic rings. The summed E-state index contributed by atoms with van der Waals surface area (Å²) in [6.45, 7) is 13.4. The quantitative estimate of drug-likeness (QED) is 0.708. The zero-order valence-corrected chi connectivity index (χ0v) is 20.3. The van der Waals surface area contributed by atoms with Crippen molar-refractivity contribution in [2.75, 3.05) is 36.9 Å². The molecular formula is C25H42N4O2. The molecule has 2 unspecified atom stereocenters. The van der Waals surface area contributed by atoms with Crippen LogP contribution in [0.3, 0.4) is 0 Å². The van der Waals surface area contributed by atoms with E-state index in [4.69, 9.17) is 4.74 Å². The van der Waals surface area contributed by atoms with Crippen molar-refractivity contribution in [1.29, 1.82) is 0 Å². The SMILES string of the molecule is CC1CN(c2ccc(NCC3CCC(NC(=O)OC(C)(C)C)CC3)cc2)CC(C)N1C. The molecule has 1 saturated carbocycles. The summed E-state index contributed by atoms with van der Waals surface area (Å²) >= 11 is 0. The van der Waals surface area contributed by atoms with Gasteiger partial charge < -0.3 is 20.3 Å². The number of hydrogen-bond acceptors (Lipinski definition) is 5. The molecule has 1 heterocycles. The normalized spacial score (nSPS) is 27.6. The van der Waals surface area contributed by atoms with Gasteiger partial charge in [0.1, 0.15) is 5.60 Å². The van der Waals surface area contributed by atoms with Crippen molar-refractivity contribution < 1.29 is 9.53 Å². The summed E-state index contributed by atoms with van der Waals surface area (Å²) in [4.78, 5) is 16.9. The Kier molecular flexibility index (Phi) is 7.73. The Morgan fingerprint density at radius 2 is 1.61 bits per heavy atom. The maximum atomic E-state index is 12.0. The van der Waals surface area contributed by atoms with Crippen LogP contribution in [0.2, 0.25) is 0 Å². The van der Waals surface area contributed by atoms with Crippen LogP contribution < -0.4 is 15.5 Å². The monoisotopic (exact) mass is 430 g/mol. The van der Waals surface area contributed by atoms with Gasteiger partial charge in [0.2, 0.25) is 0 Å². The smallest absolute Gasteiger partial charge is 0.407 e. The molecule has 1 saturated heterocycles. The van der Waals surface area contributed by atoms with Gasteiger partial charge in [-0.15, -0.1) is 0 Å². The minimum absolute atomic E-state index is 0.235. The second kappa shape index (κ2) is 10.1. The van der Waals surface area contributed by atoms with Gasteiger partial charge in [-0.3, -0.25) is 4.90 Å². The molecule has 0 spiro atoms. The van der Waals surface area contributed by atoms with Crippen molar-refractivity contribution in [2.45, 2.75) is 84.0 Å². The van der Waals surface area contributed by atoms with Crippen LogP contribution in [-0.4, -0.2) is 61.4 Å². The number of amides is 1. The average molecular weight is 431 g/mol. The third kappa shape index (κ3) is 7.03. The lowest BCUT2D eigenvalue weighted by Crippen LogP contribution is -2.55. The summed E-state index contributed by atoms with van der Waals surface area (Å²) in [7, 11) is 2.22. The van der Waals surface area contributed by atoms with Crippen molar-refractivity contribution in [2.24, 2.45) is 5.92 Å². The van der Waals surface area contributed by atoms with Crippen LogP contribution in [0.4, 0.5) is 16.2 Å². The van der Waals surface area contributed by atoms with Crippen LogP contribution >= 0.6 is 0 Å². The number of nitrogens with one attached hydrogen (secondary N) is 2. The van der Waals surface area contributed by atoms with E-state index in [1.807, 2.05) is 20.8 Å². The summed E-state index contributed by atoms with van der Waals surface area (Å²) in [6, 6.07) is 10.3. The first-order valence-electron chi connectivity index (χ1n) is 11.9. The van der Waals surface area contributed by atoms with Crippen LogP contribution in [0.25, 0.3) is 0 Å². The molecule has 6 nitrogen and oxygen atoms in total. The van der Waals surface area contributed by atoms with Gasteiger partial charge >= 0.3 is 6.09 Å². The topological polar surface area (TPSA) is 56.8 Å². The predicted molar refractivity (Wildman–Crippen MR) is 129 cm³/mol. The number of piperazine rings is 1. The van der Waals surface area contributed by atoms with E-state index in [0.717, 1.165) is 45.3 Å². The molecule has 2 atom stereocenters. The van der Waals surface area contributed by atoms with E-state index in [1.165, 1.54) is 11.4 Å². The van der Waals surface area contributed by atoms with Gasteiger partial charge in [-0.2, -0.15) is 0 Å². The second-order valence-corrected chi connectivity index (χ2v) is 10.6. The van der Waals surface area contributed by atoms with Gasteiger partial charge in [0.25, 0.3) is 0 Å². The van der Waals surface area contributed by atoms with Crippen molar-refractivity contribution in [3.63, 3.8) is 0 Å². The maximum absolute atomic E-state index is 12.0.